The first-order valence-electron chi connectivity index (χ1n) is 5.86. The van der Waals surface area contributed by atoms with E-state index in [1.807, 2.05) is 0 Å². The zero-order valence-corrected chi connectivity index (χ0v) is 10.1. The molecule has 0 aliphatic carbocycles. The monoisotopic (exact) mass is 245 g/mol. The predicted octanol–water partition coefficient (Wildman–Crippen LogP) is 3.98. The van der Waals surface area contributed by atoms with Crippen LogP contribution in [0.25, 0.3) is 0 Å². The average molecular weight is 245 g/mol. The maximum absolute atomic E-state index is 12.3. The van der Waals surface area contributed by atoms with Crippen LogP contribution in [-0.4, -0.2) is 6.04 Å². The lowest BCUT2D eigenvalue weighted by molar-refractivity contribution is -0.137. The van der Waals surface area contributed by atoms with Crippen LogP contribution in [0.4, 0.5) is 13.2 Å². The molecule has 0 atom stereocenters. The van der Waals surface area contributed by atoms with Crippen molar-refractivity contribution < 1.29 is 13.2 Å². The van der Waals surface area contributed by atoms with Gasteiger partial charge in [0, 0.05) is 12.6 Å². The maximum Gasteiger partial charge on any atom is 0.416 e. The van der Waals surface area contributed by atoms with Gasteiger partial charge in [0.05, 0.1) is 5.56 Å². The fourth-order valence-electron chi connectivity index (χ4n) is 1.65. The normalized spacial score (nSPS) is 12.1. The second-order valence-corrected chi connectivity index (χ2v) is 4.09. The van der Waals surface area contributed by atoms with Gasteiger partial charge >= 0.3 is 6.18 Å². The highest BCUT2D eigenvalue weighted by Gasteiger charge is 2.29. The van der Waals surface area contributed by atoms with E-state index in [9.17, 15) is 13.2 Å². The van der Waals surface area contributed by atoms with Gasteiger partial charge < -0.3 is 5.32 Å². The van der Waals surface area contributed by atoms with Gasteiger partial charge in [0.15, 0.2) is 0 Å². The van der Waals surface area contributed by atoms with Gasteiger partial charge in [-0.15, -0.1) is 0 Å². The van der Waals surface area contributed by atoms with Crippen molar-refractivity contribution in [2.75, 3.05) is 0 Å². The second-order valence-electron chi connectivity index (χ2n) is 4.09. The van der Waals surface area contributed by atoms with Gasteiger partial charge in [0.25, 0.3) is 0 Å². The van der Waals surface area contributed by atoms with E-state index in [1.54, 1.807) is 0 Å². The van der Waals surface area contributed by atoms with E-state index in [0.717, 1.165) is 30.5 Å². The molecule has 0 heterocycles. The predicted molar refractivity (Wildman–Crippen MR) is 62.7 cm³/mol. The quantitative estimate of drug-likeness (QED) is 0.827. The summed E-state index contributed by atoms with van der Waals surface area (Å²) < 4.78 is 37.0. The minimum atomic E-state index is -4.25. The van der Waals surface area contributed by atoms with Crippen molar-refractivity contribution >= 4 is 0 Å². The first-order chi connectivity index (χ1) is 7.97. The molecule has 1 aromatic carbocycles. The SMILES string of the molecule is CCC(CC)NCc1ccc(C(F)(F)F)cc1. The Labute approximate surface area is 100 Å². The molecule has 0 aliphatic heterocycles. The van der Waals surface area contributed by atoms with Crippen LogP contribution in [-0.2, 0) is 12.7 Å². The number of hydrogen-bond acceptors (Lipinski definition) is 1. The summed E-state index contributed by atoms with van der Waals surface area (Å²) in [6, 6.07) is 5.74. The molecule has 4 heteroatoms. The zero-order chi connectivity index (χ0) is 12.9. The van der Waals surface area contributed by atoms with Gasteiger partial charge in [-0.2, -0.15) is 13.2 Å². The van der Waals surface area contributed by atoms with Gasteiger partial charge in [0.2, 0.25) is 0 Å². The lowest BCUT2D eigenvalue weighted by Crippen LogP contribution is -2.26. The van der Waals surface area contributed by atoms with Crippen molar-refractivity contribution in [3.8, 4) is 0 Å². The molecule has 0 bridgehead atoms. The number of alkyl halides is 3. The summed E-state index contributed by atoms with van der Waals surface area (Å²) in [4.78, 5) is 0. The number of rotatable bonds is 5. The summed E-state index contributed by atoms with van der Waals surface area (Å²) in [6.45, 7) is 4.80. The minimum Gasteiger partial charge on any atom is -0.310 e. The molecule has 0 amide bonds. The Morgan fingerprint density at radius 1 is 1.06 bits per heavy atom. The van der Waals surface area contributed by atoms with Crippen molar-refractivity contribution in [3.63, 3.8) is 0 Å². The molecule has 0 unspecified atom stereocenters. The topological polar surface area (TPSA) is 12.0 Å². The fraction of sp³-hybridized carbons (Fsp3) is 0.538. The Hall–Kier alpha value is -1.03. The van der Waals surface area contributed by atoms with Gasteiger partial charge in [-0.1, -0.05) is 26.0 Å². The number of halogens is 3. The molecule has 1 N–H and O–H groups in total. The largest absolute Gasteiger partial charge is 0.416 e. The van der Waals surface area contributed by atoms with E-state index >= 15 is 0 Å². The van der Waals surface area contributed by atoms with Crippen LogP contribution in [0.15, 0.2) is 24.3 Å². The maximum atomic E-state index is 12.3. The Morgan fingerprint density at radius 3 is 2.00 bits per heavy atom. The van der Waals surface area contributed by atoms with Gasteiger partial charge in [-0.05, 0) is 30.5 Å². The van der Waals surface area contributed by atoms with Crippen LogP contribution >= 0.6 is 0 Å². The van der Waals surface area contributed by atoms with E-state index in [2.05, 4.69) is 19.2 Å². The molecule has 0 saturated heterocycles. The molecular formula is C13H18F3N. The van der Waals surface area contributed by atoms with Crippen LogP contribution in [0.5, 0.6) is 0 Å². The van der Waals surface area contributed by atoms with Gasteiger partial charge in [-0.25, -0.2) is 0 Å². The highest BCUT2D eigenvalue weighted by Crippen LogP contribution is 2.29. The number of hydrogen-bond donors (Lipinski definition) is 1. The third-order valence-corrected chi connectivity index (χ3v) is 2.86. The molecule has 0 saturated carbocycles. The Bertz CT molecular complexity index is 326. The van der Waals surface area contributed by atoms with E-state index in [-0.39, 0.29) is 0 Å². The minimum absolute atomic E-state index is 0.428. The third-order valence-electron chi connectivity index (χ3n) is 2.86. The lowest BCUT2D eigenvalue weighted by atomic mass is 10.1. The van der Waals surface area contributed by atoms with Crippen LogP contribution < -0.4 is 5.32 Å². The second kappa shape index (κ2) is 6.05. The molecule has 0 aliphatic rings. The number of nitrogens with one attached hydrogen (secondary N) is 1. The van der Waals surface area contributed by atoms with Crippen LogP contribution in [0.3, 0.4) is 0 Å². The Balaban J connectivity index is 2.57. The van der Waals surface area contributed by atoms with Crippen LogP contribution in [0, 0.1) is 0 Å². The summed E-state index contributed by atoms with van der Waals surface area (Å²) in [5.74, 6) is 0. The van der Waals surface area contributed by atoms with Crippen LogP contribution in [0.2, 0.25) is 0 Å². The highest BCUT2D eigenvalue weighted by molar-refractivity contribution is 5.24. The molecule has 1 rings (SSSR count). The summed E-state index contributed by atoms with van der Waals surface area (Å²) in [7, 11) is 0. The van der Waals surface area contributed by atoms with Crippen molar-refractivity contribution in [2.24, 2.45) is 0 Å². The van der Waals surface area contributed by atoms with Crippen molar-refractivity contribution in [1.82, 2.24) is 5.32 Å². The van der Waals surface area contributed by atoms with E-state index in [4.69, 9.17) is 0 Å². The van der Waals surface area contributed by atoms with Crippen molar-refractivity contribution in [3.05, 3.63) is 35.4 Å². The first-order valence-corrected chi connectivity index (χ1v) is 5.86. The molecule has 0 radical (unpaired) electrons. The lowest BCUT2D eigenvalue weighted by Gasteiger charge is -2.15. The van der Waals surface area contributed by atoms with Gasteiger partial charge in [-0.3, -0.25) is 0 Å². The van der Waals surface area contributed by atoms with Crippen molar-refractivity contribution in [2.45, 2.75) is 45.5 Å². The third kappa shape index (κ3) is 4.38. The Kier molecular flexibility index (Phi) is 5.00. The summed E-state index contributed by atoms with van der Waals surface area (Å²) in [6.07, 6.45) is -2.20. The highest BCUT2D eigenvalue weighted by atomic mass is 19.4. The molecule has 1 nitrogen and oxygen atoms in total. The molecule has 0 fully saturated rings. The molecule has 1 aromatic rings. The fourth-order valence-corrected chi connectivity index (χ4v) is 1.65. The van der Waals surface area contributed by atoms with Gasteiger partial charge in [0.1, 0.15) is 0 Å². The molecule has 0 aromatic heterocycles. The molecule has 17 heavy (non-hydrogen) atoms. The van der Waals surface area contributed by atoms with E-state index < -0.39 is 11.7 Å². The van der Waals surface area contributed by atoms with E-state index in [0.29, 0.717) is 12.6 Å². The summed E-state index contributed by atoms with van der Waals surface area (Å²) in [5, 5.41) is 3.31. The standard InChI is InChI=1S/C13H18F3N/c1-3-12(4-2)17-9-10-5-7-11(8-6-10)13(14,15)16/h5-8,12,17H,3-4,9H2,1-2H3. The summed E-state index contributed by atoms with van der Waals surface area (Å²) >= 11 is 0. The molecule has 96 valence electrons. The van der Waals surface area contributed by atoms with E-state index in [1.165, 1.54) is 12.1 Å². The van der Waals surface area contributed by atoms with Crippen LogP contribution in [0.1, 0.15) is 37.8 Å². The zero-order valence-electron chi connectivity index (χ0n) is 10.1. The molecular weight excluding hydrogens is 227 g/mol. The number of benzene rings is 1. The first kappa shape index (κ1) is 14.0. The van der Waals surface area contributed by atoms with Crippen molar-refractivity contribution in [1.29, 1.82) is 0 Å². The smallest absolute Gasteiger partial charge is 0.310 e. The summed E-state index contributed by atoms with van der Waals surface area (Å²) in [5.41, 5.74) is 0.286. The average Bonchev–Trinajstić information content (AvgIpc) is 2.30. The Morgan fingerprint density at radius 2 is 1.59 bits per heavy atom. The molecule has 0 spiro atoms.